The molecule has 10 rings (SSSR count). The number of nitrogens with one attached hydrogen (secondary N) is 5. The van der Waals surface area contributed by atoms with Crippen LogP contribution >= 0.6 is 0 Å². The number of rotatable bonds is 38. The fourth-order valence-electron chi connectivity index (χ4n) is 16.5. The first-order chi connectivity index (χ1) is 61.7. The smallest absolute Gasteiger partial charge is 0.217 e. The predicted molar refractivity (Wildman–Crippen MR) is 400 cm³/mol. The molecule has 0 unspecified atom stereocenters. The van der Waals surface area contributed by atoms with Crippen LogP contribution in [0.4, 0.5) is 0 Å². The molecule has 58 nitrogen and oxygen atoms in total. The van der Waals surface area contributed by atoms with Gasteiger partial charge in [0.1, 0.15) is 244 Å². The third-order valence-corrected chi connectivity index (χ3v) is 23.4. The van der Waals surface area contributed by atoms with Gasteiger partial charge in [-0.3, -0.25) is 24.0 Å². The Hall–Kier alpha value is -4.57. The normalized spacial score (nSPS) is 47.6. The second-order valence-electron chi connectivity index (χ2n) is 32.5. The van der Waals surface area contributed by atoms with Crippen LogP contribution in [0.5, 0.6) is 0 Å². The Labute approximate surface area is 736 Å². The average Bonchev–Trinajstić information content (AvgIpc) is 0.767. The molecule has 0 bridgehead atoms. The zero-order valence-electron chi connectivity index (χ0n) is 69.7. The SMILES string of the molecule is CC(=O)N[C@H]1[C@H](OC[C@H]2O[C@@H](O[C@H]3[C@H](O)[C@@H](NC(C)=O)[C@H](OC[C@H]4O[C@@H](O[C@H]5[C@H](O)[C@@H](NC(C)=O)[C@H](O[C@H]6[C@@H](O)[C@@H](CO)O[C@@H](O[C@H]7[C@H](O)[C@@H](O)[C@H](OC[C@@H](CO)NC=O)O[C@@H]7CO)[C@@H]6O)O[C@@H]5CO)[C@H](O)[C@@H](O)[C@H]4O)O[C@@H]3CO)[C@H](O)[C@@H](O[C@@H]3O[C@H](CO)[C@@H](O[C@@H]4O[C@H](CO)[C@H](O)[C@H](O)[C@H]4O)[C@H](O)[C@H]3NC(C)=O)[C@H]2O)O[C@H](CO)[C@@H](O[C@@H]2O[C@H](CO)[C@H](O)[C@H](O)[C@H]2O)[C@@H]1O. The molecule has 58 heteroatoms. The molecule has 5 amide bonds. The summed E-state index contributed by atoms with van der Waals surface area (Å²) in [5, 5.41) is 322. The summed E-state index contributed by atoms with van der Waals surface area (Å²) in [5.74, 6) is -3.79. The summed E-state index contributed by atoms with van der Waals surface area (Å²) in [6.45, 7) is -8.11. The van der Waals surface area contributed by atoms with E-state index in [0.717, 1.165) is 27.7 Å². The lowest BCUT2D eigenvalue weighted by atomic mass is 9.94. The summed E-state index contributed by atoms with van der Waals surface area (Å²) in [7, 11) is 0. The van der Waals surface area contributed by atoms with Crippen LogP contribution in [0.15, 0.2) is 0 Å². The Bertz CT molecular complexity index is 3500. The Kier molecular flexibility index (Phi) is 39.8. The van der Waals surface area contributed by atoms with Crippen LogP contribution < -0.4 is 26.6 Å². The summed E-state index contributed by atoms with van der Waals surface area (Å²) < 4.78 is 117. The van der Waals surface area contributed by atoms with Crippen LogP contribution in [-0.2, 0) is 119 Å². The lowest BCUT2D eigenvalue weighted by Crippen LogP contribution is -2.70. The molecule has 10 saturated heterocycles. The van der Waals surface area contributed by atoms with Gasteiger partial charge >= 0.3 is 0 Å². The highest BCUT2D eigenvalue weighted by atomic mass is 16.8. The van der Waals surface area contributed by atoms with E-state index in [1.165, 1.54) is 0 Å². The van der Waals surface area contributed by atoms with Gasteiger partial charge in [-0.15, -0.1) is 0 Å². The standard InChI is InChI=1S/C72H121N5O53/c1-18(88)74-33-42(97)56(124-68-50(105)46(101)37(92)23(6-79)114-68)26(9-82)117-64(33)113-16-32-41(96)62(130-66-36(77-21(4)91)44(99)58(28(11-84)120-66)125-69-51(106)47(102)38(93)24(7-80)115-69)55(110)72(123-32)127-57-27(10-83)118-63(34(43(57)98)75-19(2)89)112-15-31-39(94)48(103)52(107)70(122-31)126-59-29(12-85)119-65(35(45(59)100)76-20(3)90)129-61-40(95)25(8-81)116-71(54(61)109)128-60-30(13-86)121-67(53(108)49(60)104)111-14-22(5-78)73-17-87/h17,22-72,78-86,92-110H,5-16H2,1-4H3,(H,73,87)(H,74,88)(H,75,89)(H,76,90)(H,77,91)/t22-,23-,24-,25-,26-,27-,28-,29-,30-,31-,32-,33-,34-,35-,36-,37+,38+,39+,40+,41+,42-,43-,44-,45-,46+,47+,48+,49-,50-,51-,52-,53-,54-,55-,56-,57-,58-,59-,60-,61+,62+,63-,64-,65+,66+,67-,68+,69+,70+,71+,72+/m1/s1. The molecule has 0 radical (unpaired) electrons. The van der Waals surface area contributed by atoms with Gasteiger partial charge in [-0.2, -0.15) is 0 Å². The molecule has 0 saturated carbocycles. The van der Waals surface area contributed by atoms with Crippen molar-refractivity contribution in [2.75, 3.05) is 79.3 Å². The number of amides is 5. The lowest BCUT2D eigenvalue weighted by molar-refractivity contribution is -0.384. The largest absolute Gasteiger partial charge is 0.394 e. The molecule has 10 aliphatic rings. The minimum Gasteiger partial charge on any atom is -0.394 e. The minimum absolute atomic E-state index is 0.249. The van der Waals surface area contributed by atoms with Gasteiger partial charge < -0.3 is 264 Å². The highest BCUT2D eigenvalue weighted by Gasteiger charge is 2.62. The maximum atomic E-state index is 13.2. The van der Waals surface area contributed by atoms with Crippen molar-refractivity contribution in [3.05, 3.63) is 0 Å². The highest BCUT2D eigenvalue weighted by molar-refractivity contribution is 5.74. The first kappa shape index (κ1) is 107. The van der Waals surface area contributed by atoms with Crippen LogP contribution in [0.25, 0.3) is 0 Å². The topological polar surface area (TPSA) is 897 Å². The maximum absolute atomic E-state index is 13.2. The van der Waals surface area contributed by atoms with E-state index >= 15 is 0 Å². The van der Waals surface area contributed by atoms with Gasteiger partial charge in [-0.05, 0) is 0 Å². The van der Waals surface area contributed by atoms with Crippen LogP contribution in [-0.4, -0.2) is 565 Å². The molecule has 10 heterocycles. The molecule has 10 aliphatic heterocycles. The molecule has 0 spiro atoms. The Balaban J connectivity index is 0.868. The molecule has 0 aliphatic carbocycles. The molecule has 130 heavy (non-hydrogen) atoms. The van der Waals surface area contributed by atoms with Crippen LogP contribution in [0.1, 0.15) is 27.7 Å². The van der Waals surface area contributed by atoms with E-state index in [0.29, 0.717) is 0 Å². The number of hydrogen-bond acceptors (Lipinski definition) is 53. The van der Waals surface area contributed by atoms with E-state index in [1.54, 1.807) is 0 Å². The van der Waals surface area contributed by atoms with Gasteiger partial charge in [-0.1, -0.05) is 0 Å². The molecule has 51 atom stereocenters. The van der Waals surface area contributed by atoms with Crippen molar-refractivity contribution >= 4 is 30.0 Å². The Morgan fingerprint density at radius 1 is 0.254 bits per heavy atom. The fraction of sp³-hybridized carbons (Fsp3) is 0.931. The van der Waals surface area contributed by atoms with Crippen molar-refractivity contribution in [1.82, 2.24) is 26.6 Å². The number of ether oxygens (including phenoxy) is 20. The van der Waals surface area contributed by atoms with E-state index < -0.39 is 416 Å². The number of hydrogen-bond donors (Lipinski definition) is 33. The van der Waals surface area contributed by atoms with Crippen molar-refractivity contribution < 1.29 is 262 Å². The number of carbonyl (C=O) groups excluding carboxylic acids is 5. The van der Waals surface area contributed by atoms with Crippen molar-refractivity contribution in [2.24, 2.45) is 0 Å². The lowest BCUT2D eigenvalue weighted by Gasteiger charge is -2.50. The monoisotopic (exact) mass is 1900 g/mol. The van der Waals surface area contributed by atoms with Crippen molar-refractivity contribution in [3.63, 3.8) is 0 Å². The summed E-state index contributed by atoms with van der Waals surface area (Å²) in [5.41, 5.74) is 0. The number of aliphatic hydroxyl groups is 28. The second-order valence-corrected chi connectivity index (χ2v) is 32.5. The van der Waals surface area contributed by atoms with Gasteiger partial charge in [0.25, 0.3) is 0 Å². The summed E-state index contributed by atoms with van der Waals surface area (Å²) in [6, 6.07) is -8.67. The molecule has 0 aromatic carbocycles. The Morgan fingerprint density at radius 3 is 0.785 bits per heavy atom. The van der Waals surface area contributed by atoms with Crippen molar-refractivity contribution in [3.8, 4) is 0 Å². The van der Waals surface area contributed by atoms with Gasteiger partial charge in [0, 0.05) is 27.7 Å². The molecule has 752 valence electrons. The zero-order valence-corrected chi connectivity index (χ0v) is 69.7. The number of carbonyl (C=O) groups is 5. The zero-order chi connectivity index (χ0) is 95.6. The van der Waals surface area contributed by atoms with E-state index in [9.17, 15) is 167 Å². The molecular formula is C72H121N5O53. The van der Waals surface area contributed by atoms with Gasteiger partial charge in [0.05, 0.1) is 85.3 Å². The van der Waals surface area contributed by atoms with E-state index in [2.05, 4.69) is 26.6 Å². The number of aliphatic hydroxyl groups excluding tert-OH is 28. The third-order valence-electron chi connectivity index (χ3n) is 23.4. The van der Waals surface area contributed by atoms with E-state index in [4.69, 9.17) is 94.7 Å². The summed E-state index contributed by atoms with van der Waals surface area (Å²) in [4.78, 5) is 62.9. The van der Waals surface area contributed by atoms with Crippen LogP contribution in [0.2, 0.25) is 0 Å². The van der Waals surface area contributed by atoms with Gasteiger partial charge in [0.2, 0.25) is 30.0 Å². The fourth-order valence-corrected chi connectivity index (χ4v) is 16.5. The molecule has 33 N–H and O–H groups in total. The first-order valence-corrected chi connectivity index (χ1v) is 41.4. The molecule has 0 aromatic rings. The van der Waals surface area contributed by atoms with Crippen LogP contribution in [0, 0.1) is 0 Å². The van der Waals surface area contributed by atoms with E-state index in [1.807, 2.05) is 0 Å². The minimum atomic E-state index is -2.50. The van der Waals surface area contributed by atoms with E-state index in [-0.39, 0.29) is 6.41 Å². The van der Waals surface area contributed by atoms with Crippen molar-refractivity contribution in [2.45, 2.75) is 341 Å². The summed E-state index contributed by atoms with van der Waals surface area (Å²) in [6.07, 6.45) is -93.8. The molecule has 0 aromatic heterocycles. The predicted octanol–water partition coefficient (Wildman–Crippen LogP) is -23.1. The Morgan fingerprint density at radius 2 is 0.485 bits per heavy atom. The quantitative estimate of drug-likeness (QED) is 0.0255. The first-order valence-electron chi connectivity index (χ1n) is 41.4. The average molecular weight is 1900 g/mol. The second kappa shape index (κ2) is 48.1. The highest BCUT2D eigenvalue weighted by Crippen LogP contribution is 2.41. The van der Waals surface area contributed by atoms with Gasteiger partial charge in [0.15, 0.2) is 62.9 Å². The maximum Gasteiger partial charge on any atom is 0.217 e. The molecular weight excluding hydrogens is 1780 g/mol. The van der Waals surface area contributed by atoms with Gasteiger partial charge in [-0.25, -0.2) is 0 Å². The van der Waals surface area contributed by atoms with Crippen molar-refractivity contribution in [1.29, 1.82) is 0 Å². The third kappa shape index (κ3) is 24.4. The molecule has 10 fully saturated rings. The van der Waals surface area contributed by atoms with Crippen LogP contribution in [0.3, 0.4) is 0 Å². The summed E-state index contributed by atoms with van der Waals surface area (Å²) >= 11 is 0.